The summed E-state index contributed by atoms with van der Waals surface area (Å²) in [6.07, 6.45) is 5.24. The molecular weight excluding hydrogens is 268 g/mol. The van der Waals surface area contributed by atoms with Crippen molar-refractivity contribution in [1.82, 2.24) is 25.0 Å². The fraction of sp³-hybridized carbons (Fsp3) is 0.455. The van der Waals surface area contributed by atoms with Gasteiger partial charge in [0.1, 0.15) is 17.8 Å². The molecule has 0 aromatic carbocycles. The first-order valence-corrected chi connectivity index (χ1v) is 6.45. The molecule has 0 radical (unpaired) electrons. The zero-order valence-electron chi connectivity index (χ0n) is 10.1. The lowest BCUT2D eigenvalue weighted by atomic mass is 10.4. The zero-order valence-corrected chi connectivity index (χ0v) is 10.9. The van der Waals surface area contributed by atoms with Gasteiger partial charge in [-0.05, 0) is 18.8 Å². The summed E-state index contributed by atoms with van der Waals surface area (Å²) in [6, 6.07) is 0. The van der Waals surface area contributed by atoms with E-state index in [2.05, 4.69) is 25.6 Å². The molecule has 3 rings (SSSR count). The molecule has 2 aromatic rings. The number of anilines is 1. The Morgan fingerprint density at radius 2 is 2.37 bits per heavy atom. The molecule has 100 valence electrons. The van der Waals surface area contributed by atoms with Crippen LogP contribution in [-0.4, -0.2) is 25.0 Å². The van der Waals surface area contributed by atoms with Crippen LogP contribution in [0.25, 0.3) is 0 Å². The van der Waals surface area contributed by atoms with E-state index in [-0.39, 0.29) is 5.56 Å². The number of nitrogens with zero attached hydrogens (tertiary/aromatic N) is 4. The third kappa shape index (κ3) is 2.76. The second-order valence-electron chi connectivity index (χ2n) is 4.58. The van der Waals surface area contributed by atoms with Gasteiger partial charge in [0, 0.05) is 6.54 Å². The average Bonchev–Trinajstić information content (AvgIpc) is 3.06. The van der Waals surface area contributed by atoms with Gasteiger partial charge >= 0.3 is 0 Å². The number of nitrogens with one attached hydrogen (secondary N) is 2. The number of halogens is 1. The maximum atomic E-state index is 12.2. The lowest BCUT2D eigenvalue weighted by molar-refractivity contribution is 0.534. The Hall–Kier alpha value is -1.89. The van der Waals surface area contributed by atoms with Gasteiger partial charge < -0.3 is 5.32 Å². The van der Waals surface area contributed by atoms with E-state index in [0.717, 1.165) is 12.8 Å². The first-order valence-electron chi connectivity index (χ1n) is 6.08. The number of aromatic nitrogens is 5. The smallest absolute Gasteiger partial charge is 0.291 e. The molecule has 2 N–H and O–H groups in total. The van der Waals surface area contributed by atoms with Crippen molar-refractivity contribution in [1.29, 1.82) is 0 Å². The Morgan fingerprint density at radius 1 is 1.53 bits per heavy atom. The lowest BCUT2D eigenvalue weighted by Gasteiger charge is -2.09. The van der Waals surface area contributed by atoms with Crippen molar-refractivity contribution in [2.75, 3.05) is 5.32 Å². The van der Waals surface area contributed by atoms with Gasteiger partial charge in [-0.2, -0.15) is 10.2 Å². The molecule has 0 amide bonds. The SMILES string of the molecule is O=c1c(NCc2ncn[nH]2)c(Cl)cnn1CC1CC1. The van der Waals surface area contributed by atoms with Crippen LogP contribution in [0, 0.1) is 5.92 Å². The fourth-order valence-electron chi connectivity index (χ4n) is 1.79. The Morgan fingerprint density at radius 3 is 3.05 bits per heavy atom. The summed E-state index contributed by atoms with van der Waals surface area (Å²) in [6.45, 7) is 1.02. The number of hydrogen-bond acceptors (Lipinski definition) is 5. The van der Waals surface area contributed by atoms with Crippen molar-refractivity contribution in [2.45, 2.75) is 25.9 Å². The average molecular weight is 281 g/mol. The van der Waals surface area contributed by atoms with Gasteiger partial charge in [-0.25, -0.2) is 9.67 Å². The normalized spacial score (nSPS) is 14.6. The van der Waals surface area contributed by atoms with Crippen molar-refractivity contribution in [3.8, 4) is 0 Å². The molecule has 0 aliphatic heterocycles. The molecule has 19 heavy (non-hydrogen) atoms. The van der Waals surface area contributed by atoms with Crippen molar-refractivity contribution >= 4 is 17.3 Å². The Bertz CT molecular complexity index is 619. The topological polar surface area (TPSA) is 88.5 Å². The van der Waals surface area contributed by atoms with E-state index in [1.807, 2.05) is 0 Å². The number of H-pyrrole nitrogens is 1. The van der Waals surface area contributed by atoms with E-state index in [0.29, 0.717) is 35.5 Å². The van der Waals surface area contributed by atoms with Crippen molar-refractivity contribution in [2.24, 2.45) is 5.92 Å². The van der Waals surface area contributed by atoms with Gasteiger partial charge in [0.15, 0.2) is 0 Å². The van der Waals surface area contributed by atoms with E-state index < -0.39 is 0 Å². The van der Waals surface area contributed by atoms with Gasteiger partial charge in [0.2, 0.25) is 0 Å². The molecule has 7 nitrogen and oxygen atoms in total. The molecule has 0 unspecified atom stereocenters. The van der Waals surface area contributed by atoms with Crippen LogP contribution in [0.3, 0.4) is 0 Å². The molecule has 0 atom stereocenters. The van der Waals surface area contributed by atoms with Crippen molar-refractivity contribution in [3.05, 3.63) is 33.7 Å². The molecule has 8 heteroatoms. The quantitative estimate of drug-likeness (QED) is 0.854. The third-order valence-electron chi connectivity index (χ3n) is 3.02. The lowest BCUT2D eigenvalue weighted by Crippen LogP contribution is -2.26. The molecule has 2 aromatic heterocycles. The van der Waals surface area contributed by atoms with Crippen LogP contribution < -0.4 is 10.9 Å². The van der Waals surface area contributed by atoms with E-state index in [1.165, 1.54) is 17.2 Å². The maximum Gasteiger partial charge on any atom is 0.291 e. The largest absolute Gasteiger partial charge is 0.372 e. The highest BCUT2D eigenvalue weighted by Crippen LogP contribution is 2.30. The molecular formula is C11H13ClN6O. The summed E-state index contributed by atoms with van der Waals surface area (Å²) in [4.78, 5) is 16.2. The molecule has 1 fully saturated rings. The van der Waals surface area contributed by atoms with Gasteiger partial charge in [0.25, 0.3) is 5.56 Å². The summed E-state index contributed by atoms with van der Waals surface area (Å²) >= 11 is 6.01. The predicted octanol–water partition coefficient (Wildman–Crippen LogP) is 1.04. The summed E-state index contributed by atoms with van der Waals surface area (Å²) < 4.78 is 1.46. The van der Waals surface area contributed by atoms with E-state index in [4.69, 9.17) is 11.6 Å². The number of hydrogen-bond donors (Lipinski definition) is 2. The molecule has 1 saturated carbocycles. The second-order valence-corrected chi connectivity index (χ2v) is 4.99. The first kappa shape index (κ1) is 12.2. The van der Waals surface area contributed by atoms with Crippen LogP contribution in [0.1, 0.15) is 18.7 Å². The van der Waals surface area contributed by atoms with E-state index >= 15 is 0 Å². The monoisotopic (exact) mass is 280 g/mol. The summed E-state index contributed by atoms with van der Waals surface area (Å²) in [5.74, 6) is 1.22. The number of rotatable bonds is 5. The Labute approximate surface area is 114 Å². The minimum absolute atomic E-state index is 0.195. The van der Waals surface area contributed by atoms with Gasteiger partial charge in [-0.15, -0.1) is 0 Å². The maximum absolute atomic E-state index is 12.2. The van der Waals surface area contributed by atoms with Crippen LogP contribution >= 0.6 is 11.6 Å². The van der Waals surface area contributed by atoms with Crippen LogP contribution in [0.15, 0.2) is 17.3 Å². The molecule has 1 aliphatic rings. The van der Waals surface area contributed by atoms with Gasteiger partial charge in [-0.1, -0.05) is 11.6 Å². The highest BCUT2D eigenvalue weighted by molar-refractivity contribution is 6.32. The van der Waals surface area contributed by atoms with Crippen molar-refractivity contribution in [3.63, 3.8) is 0 Å². The zero-order chi connectivity index (χ0) is 13.2. The highest BCUT2D eigenvalue weighted by Gasteiger charge is 2.23. The first-order chi connectivity index (χ1) is 9.24. The fourth-order valence-corrected chi connectivity index (χ4v) is 1.98. The molecule has 0 bridgehead atoms. The molecule has 1 aliphatic carbocycles. The van der Waals surface area contributed by atoms with E-state index in [9.17, 15) is 4.79 Å². The summed E-state index contributed by atoms with van der Waals surface area (Å²) in [5.41, 5.74) is 0.160. The van der Waals surface area contributed by atoms with Crippen LogP contribution in [0.5, 0.6) is 0 Å². The second kappa shape index (κ2) is 5.00. The highest BCUT2D eigenvalue weighted by atomic mass is 35.5. The summed E-state index contributed by atoms with van der Waals surface area (Å²) in [7, 11) is 0. The summed E-state index contributed by atoms with van der Waals surface area (Å²) in [5, 5.41) is 13.8. The third-order valence-corrected chi connectivity index (χ3v) is 3.31. The minimum atomic E-state index is -0.195. The number of aromatic amines is 1. The Balaban J connectivity index is 1.80. The Kier molecular flexibility index (Phi) is 3.20. The minimum Gasteiger partial charge on any atom is -0.372 e. The van der Waals surface area contributed by atoms with Gasteiger partial charge in [-0.3, -0.25) is 9.89 Å². The predicted molar refractivity (Wildman–Crippen MR) is 69.9 cm³/mol. The van der Waals surface area contributed by atoms with Crippen LogP contribution in [-0.2, 0) is 13.1 Å². The van der Waals surface area contributed by atoms with Crippen LogP contribution in [0.4, 0.5) is 5.69 Å². The van der Waals surface area contributed by atoms with E-state index in [1.54, 1.807) is 0 Å². The van der Waals surface area contributed by atoms with Gasteiger partial charge in [0.05, 0.1) is 17.8 Å². The standard InChI is InChI=1S/C11H13ClN6O/c12-8-3-16-18(5-7-1-2-7)11(19)10(8)13-4-9-14-6-15-17-9/h3,6-7,13H,1-2,4-5H2,(H,14,15,17). The van der Waals surface area contributed by atoms with Crippen LogP contribution in [0.2, 0.25) is 5.02 Å². The molecule has 2 heterocycles. The molecule has 0 spiro atoms. The molecule has 0 saturated heterocycles. The van der Waals surface area contributed by atoms with Crippen molar-refractivity contribution < 1.29 is 0 Å².